The van der Waals surface area contributed by atoms with Crippen molar-refractivity contribution in [2.45, 2.75) is 31.9 Å². The lowest BCUT2D eigenvalue weighted by molar-refractivity contribution is 0.0662. The number of benzene rings is 2. The van der Waals surface area contributed by atoms with Gasteiger partial charge in [-0.25, -0.2) is 4.39 Å². The number of aliphatic hydroxyl groups excluding tert-OH is 1. The van der Waals surface area contributed by atoms with Crippen molar-refractivity contribution in [1.29, 1.82) is 0 Å². The number of ether oxygens (including phenoxy) is 1. The lowest BCUT2D eigenvalue weighted by Gasteiger charge is -2.27. The van der Waals surface area contributed by atoms with Crippen molar-refractivity contribution in [3.8, 4) is 28.1 Å². The molecule has 37 heavy (non-hydrogen) atoms. The zero-order chi connectivity index (χ0) is 25.4. The van der Waals surface area contributed by atoms with Gasteiger partial charge in [-0.2, -0.15) is 5.10 Å². The summed E-state index contributed by atoms with van der Waals surface area (Å²) in [6, 6.07) is 16.6. The van der Waals surface area contributed by atoms with E-state index < -0.39 is 0 Å². The maximum Gasteiger partial charge on any atom is 0.272 e. The summed E-state index contributed by atoms with van der Waals surface area (Å²) in [5.41, 5.74) is 5.19. The van der Waals surface area contributed by atoms with Crippen LogP contribution in [0.3, 0.4) is 0 Å². The second-order valence-corrected chi connectivity index (χ2v) is 9.49. The summed E-state index contributed by atoms with van der Waals surface area (Å²) in [6.07, 6.45) is 5.67. The first-order valence-corrected chi connectivity index (χ1v) is 12.6. The molecular formula is C29H27FN4O3. The molecule has 1 aliphatic carbocycles. The third-order valence-electron chi connectivity index (χ3n) is 7.01. The van der Waals surface area contributed by atoms with Crippen LogP contribution < -0.4 is 4.74 Å². The van der Waals surface area contributed by atoms with Gasteiger partial charge in [-0.1, -0.05) is 24.3 Å². The first kappa shape index (κ1) is 23.4. The molecule has 0 spiro atoms. The Balaban J connectivity index is 1.29. The van der Waals surface area contributed by atoms with E-state index in [0.29, 0.717) is 41.7 Å². The summed E-state index contributed by atoms with van der Waals surface area (Å²) in [5.74, 6) is 0.717. The summed E-state index contributed by atoms with van der Waals surface area (Å²) < 4.78 is 22.2. The molecule has 1 N–H and O–H groups in total. The number of fused-ring (bicyclic) bond motifs is 1. The molecule has 8 heteroatoms. The molecule has 1 amide bonds. The van der Waals surface area contributed by atoms with Gasteiger partial charge in [0.15, 0.2) is 0 Å². The smallest absolute Gasteiger partial charge is 0.272 e. The van der Waals surface area contributed by atoms with E-state index in [0.717, 1.165) is 35.1 Å². The summed E-state index contributed by atoms with van der Waals surface area (Å²) in [5, 5.41) is 14.2. The lowest BCUT2D eigenvalue weighted by atomic mass is 9.98. The molecule has 188 valence electrons. The van der Waals surface area contributed by atoms with Gasteiger partial charge in [0.25, 0.3) is 5.91 Å². The molecule has 2 aromatic heterocycles. The molecule has 1 saturated carbocycles. The normalized spacial score (nSPS) is 15.1. The van der Waals surface area contributed by atoms with Crippen LogP contribution in [0.2, 0.25) is 0 Å². The number of rotatable bonds is 8. The Kier molecular flexibility index (Phi) is 6.18. The number of amides is 1. The van der Waals surface area contributed by atoms with E-state index in [1.165, 1.54) is 0 Å². The molecule has 3 heterocycles. The summed E-state index contributed by atoms with van der Waals surface area (Å²) in [4.78, 5) is 19.1. The molecule has 7 nitrogen and oxygen atoms in total. The van der Waals surface area contributed by atoms with Crippen LogP contribution in [0.15, 0.2) is 67.0 Å². The fourth-order valence-electron chi connectivity index (χ4n) is 4.86. The first-order valence-electron chi connectivity index (χ1n) is 12.6. The Morgan fingerprint density at radius 1 is 1.00 bits per heavy atom. The van der Waals surface area contributed by atoms with Gasteiger partial charge in [0.05, 0.1) is 13.2 Å². The van der Waals surface area contributed by atoms with Gasteiger partial charge in [0.1, 0.15) is 29.6 Å². The maximum absolute atomic E-state index is 14.5. The molecule has 2 aromatic carbocycles. The predicted molar refractivity (Wildman–Crippen MR) is 137 cm³/mol. The van der Waals surface area contributed by atoms with Gasteiger partial charge >= 0.3 is 0 Å². The number of nitrogens with zero attached hydrogens (tertiary/aromatic N) is 4. The van der Waals surface area contributed by atoms with Crippen LogP contribution in [0, 0.1) is 5.82 Å². The van der Waals surface area contributed by atoms with E-state index in [2.05, 4.69) is 4.98 Å². The second kappa shape index (κ2) is 9.78. The van der Waals surface area contributed by atoms with E-state index in [9.17, 15) is 14.3 Å². The van der Waals surface area contributed by atoms with Crippen LogP contribution in [0.1, 0.15) is 40.4 Å². The molecule has 0 bridgehead atoms. The van der Waals surface area contributed by atoms with Crippen LogP contribution in [-0.2, 0) is 13.2 Å². The van der Waals surface area contributed by atoms with E-state index in [-0.39, 0.29) is 31.5 Å². The topological polar surface area (TPSA) is 80.5 Å². The average molecular weight is 499 g/mol. The number of hydrogen-bond acceptors (Lipinski definition) is 5. The van der Waals surface area contributed by atoms with E-state index in [4.69, 9.17) is 9.84 Å². The summed E-state index contributed by atoms with van der Waals surface area (Å²) in [6.45, 7) is 1.36. The van der Waals surface area contributed by atoms with Gasteiger partial charge < -0.3 is 14.7 Å². The quantitative estimate of drug-likeness (QED) is 0.382. The fraction of sp³-hybridized carbons (Fsp3) is 0.276. The van der Waals surface area contributed by atoms with Crippen LogP contribution in [0.25, 0.3) is 22.4 Å². The van der Waals surface area contributed by atoms with Crippen LogP contribution in [0.4, 0.5) is 4.39 Å². The Morgan fingerprint density at radius 2 is 1.78 bits per heavy atom. The molecule has 4 aromatic rings. The van der Waals surface area contributed by atoms with Crippen molar-refractivity contribution in [1.82, 2.24) is 19.7 Å². The highest BCUT2D eigenvalue weighted by Gasteiger charge is 2.32. The van der Waals surface area contributed by atoms with Gasteiger partial charge in [-0.15, -0.1) is 0 Å². The van der Waals surface area contributed by atoms with E-state index in [1.54, 1.807) is 34.1 Å². The molecule has 2 aliphatic rings. The zero-order valence-corrected chi connectivity index (χ0v) is 20.3. The standard InChI is InChI=1S/C29H27FN4O3/c30-25-17-22(19-1-2-19)3-4-23(25)18-37-24-7-5-20(6-8-24)26-27(21-9-11-31-12-10-21)32-34-14-13-33(15-16-35)29(36)28(26)34/h3-12,17,19,35H,1-2,13-16,18H2. The second-order valence-electron chi connectivity index (χ2n) is 9.49. The number of aromatic nitrogens is 3. The monoisotopic (exact) mass is 498 g/mol. The fourth-order valence-corrected chi connectivity index (χ4v) is 4.86. The largest absolute Gasteiger partial charge is 0.489 e. The van der Waals surface area contributed by atoms with Crippen molar-refractivity contribution in [2.24, 2.45) is 0 Å². The van der Waals surface area contributed by atoms with Crippen molar-refractivity contribution in [3.63, 3.8) is 0 Å². The summed E-state index contributed by atoms with van der Waals surface area (Å²) in [7, 11) is 0. The average Bonchev–Trinajstić information content (AvgIpc) is 3.70. The van der Waals surface area contributed by atoms with Crippen molar-refractivity contribution < 1.29 is 19.0 Å². The minimum Gasteiger partial charge on any atom is -0.489 e. The third kappa shape index (κ3) is 4.60. The maximum atomic E-state index is 14.5. The number of aliphatic hydroxyl groups is 1. The van der Waals surface area contributed by atoms with Crippen molar-refractivity contribution >= 4 is 5.91 Å². The molecule has 0 radical (unpaired) electrons. The zero-order valence-electron chi connectivity index (χ0n) is 20.3. The van der Waals surface area contributed by atoms with Gasteiger partial charge in [0, 0.05) is 42.2 Å². The minimum absolute atomic E-state index is 0.0949. The number of pyridine rings is 1. The van der Waals surface area contributed by atoms with Gasteiger partial charge in [0.2, 0.25) is 0 Å². The molecule has 6 rings (SSSR count). The summed E-state index contributed by atoms with van der Waals surface area (Å²) >= 11 is 0. The Labute approximate surface area is 214 Å². The highest BCUT2D eigenvalue weighted by atomic mass is 19.1. The minimum atomic E-state index is -0.236. The molecule has 0 atom stereocenters. The Morgan fingerprint density at radius 3 is 2.49 bits per heavy atom. The molecular weight excluding hydrogens is 471 g/mol. The van der Waals surface area contributed by atoms with Crippen LogP contribution >= 0.6 is 0 Å². The molecule has 1 aliphatic heterocycles. The number of carbonyl (C=O) groups excluding carboxylic acids is 1. The number of hydrogen-bond donors (Lipinski definition) is 1. The van der Waals surface area contributed by atoms with Crippen LogP contribution in [-0.4, -0.2) is 50.4 Å². The highest BCUT2D eigenvalue weighted by Crippen LogP contribution is 2.40. The first-order chi connectivity index (χ1) is 18.1. The highest BCUT2D eigenvalue weighted by molar-refractivity contribution is 6.03. The van der Waals surface area contributed by atoms with E-state index in [1.807, 2.05) is 42.5 Å². The Hall–Kier alpha value is -4.04. The SMILES string of the molecule is O=C1c2c(-c3ccc(OCc4ccc(C5CC5)cc4F)cc3)c(-c3ccncc3)nn2CCN1CCO. The number of carbonyl (C=O) groups is 1. The van der Waals surface area contributed by atoms with Gasteiger partial charge in [-0.05, 0) is 60.2 Å². The Bertz CT molecular complexity index is 1430. The molecule has 1 fully saturated rings. The van der Waals surface area contributed by atoms with Gasteiger partial charge in [-0.3, -0.25) is 14.5 Å². The van der Waals surface area contributed by atoms with Crippen LogP contribution in [0.5, 0.6) is 5.75 Å². The third-order valence-corrected chi connectivity index (χ3v) is 7.01. The van der Waals surface area contributed by atoms with E-state index >= 15 is 0 Å². The predicted octanol–water partition coefficient (Wildman–Crippen LogP) is 4.66. The van der Waals surface area contributed by atoms with Crippen molar-refractivity contribution in [2.75, 3.05) is 19.7 Å². The molecule has 0 unspecified atom stereocenters. The number of halogens is 1. The lowest BCUT2D eigenvalue weighted by Crippen LogP contribution is -2.42. The molecule has 0 saturated heterocycles. The van der Waals surface area contributed by atoms with Crippen molar-refractivity contribution in [3.05, 3.63) is 89.6 Å². The number of β-amino-alcohol motifs (C(OH)–C–C–N with tert-alkyl or cyclic N) is 1.